The Morgan fingerprint density at radius 2 is 1.96 bits per heavy atom. The molecule has 1 aliphatic heterocycles. The standard InChI is InChI=1S/C19H19BrO4/c20-17-5-1-2-6-18(17)23-12-14-7-9-15(10-8-14)19(21)24-13-16-4-3-11-22-16/h1-2,5-10,16H,3-4,11-13H2/t16-/m1/s1. The molecule has 5 heteroatoms. The van der Waals surface area contributed by atoms with Crippen LogP contribution in [-0.4, -0.2) is 25.3 Å². The predicted molar refractivity (Wildman–Crippen MR) is 94.2 cm³/mol. The maximum Gasteiger partial charge on any atom is 0.338 e. The topological polar surface area (TPSA) is 44.8 Å². The van der Waals surface area contributed by atoms with Crippen molar-refractivity contribution in [3.8, 4) is 5.75 Å². The van der Waals surface area contributed by atoms with Crippen LogP contribution in [0.4, 0.5) is 0 Å². The first-order valence-corrected chi connectivity index (χ1v) is 8.76. The minimum atomic E-state index is -0.316. The van der Waals surface area contributed by atoms with Crippen molar-refractivity contribution < 1.29 is 19.0 Å². The maximum absolute atomic E-state index is 12.0. The molecule has 0 spiro atoms. The maximum atomic E-state index is 12.0. The van der Waals surface area contributed by atoms with E-state index in [2.05, 4.69) is 15.9 Å². The predicted octanol–water partition coefficient (Wildman–Crippen LogP) is 4.36. The first-order chi connectivity index (χ1) is 11.7. The monoisotopic (exact) mass is 390 g/mol. The van der Waals surface area contributed by atoms with Crippen LogP contribution in [0.2, 0.25) is 0 Å². The molecule has 3 rings (SSSR count). The Morgan fingerprint density at radius 3 is 2.67 bits per heavy atom. The summed E-state index contributed by atoms with van der Waals surface area (Å²) in [4.78, 5) is 12.0. The number of halogens is 1. The fraction of sp³-hybridized carbons (Fsp3) is 0.316. The van der Waals surface area contributed by atoms with Crippen LogP contribution in [0.25, 0.3) is 0 Å². The Balaban J connectivity index is 1.51. The van der Waals surface area contributed by atoms with Gasteiger partial charge in [-0.2, -0.15) is 0 Å². The number of carbonyl (C=O) groups is 1. The third-order valence-corrected chi connectivity index (χ3v) is 4.50. The van der Waals surface area contributed by atoms with E-state index in [1.165, 1.54) is 0 Å². The third kappa shape index (κ3) is 4.58. The Kier molecular flexibility index (Phi) is 5.88. The van der Waals surface area contributed by atoms with Gasteiger partial charge in [-0.3, -0.25) is 0 Å². The molecule has 0 N–H and O–H groups in total. The van der Waals surface area contributed by atoms with E-state index in [9.17, 15) is 4.79 Å². The molecule has 24 heavy (non-hydrogen) atoms. The van der Waals surface area contributed by atoms with E-state index < -0.39 is 0 Å². The van der Waals surface area contributed by atoms with Gasteiger partial charge >= 0.3 is 5.97 Å². The average molecular weight is 391 g/mol. The summed E-state index contributed by atoms with van der Waals surface area (Å²) in [5.41, 5.74) is 1.53. The highest BCUT2D eigenvalue weighted by Gasteiger charge is 2.18. The van der Waals surface area contributed by atoms with Crippen molar-refractivity contribution in [2.24, 2.45) is 0 Å². The number of esters is 1. The Bertz CT molecular complexity index is 678. The average Bonchev–Trinajstić information content (AvgIpc) is 3.13. The summed E-state index contributed by atoms with van der Waals surface area (Å²) in [5, 5.41) is 0. The van der Waals surface area contributed by atoms with Crippen LogP contribution in [-0.2, 0) is 16.1 Å². The van der Waals surface area contributed by atoms with Gasteiger partial charge in [-0.15, -0.1) is 0 Å². The first kappa shape index (κ1) is 17.0. The number of rotatable bonds is 6. The molecule has 0 amide bonds. The lowest BCUT2D eigenvalue weighted by Gasteiger charge is -2.11. The highest BCUT2D eigenvalue weighted by Crippen LogP contribution is 2.24. The lowest BCUT2D eigenvalue weighted by atomic mass is 10.1. The van der Waals surface area contributed by atoms with E-state index in [-0.39, 0.29) is 12.1 Å². The highest BCUT2D eigenvalue weighted by atomic mass is 79.9. The quantitative estimate of drug-likeness (QED) is 0.687. The van der Waals surface area contributed by atoms with Crippen molar-refractivity contribution in [1.29, 1.82) is 0 Å². The molecule has 0 aliphatic carbocycles. The third-order valence-electron chi connectivity index (χ3n) is 3.84. The molecule has 0 saturated carbocycles. The van der Waals surface area contributed by atoms with Crippen LogP contribution in [0.5, 0.6) is 5.75 Å². The largest absolute Gasteiger partial charge is 0.488 e. The zero-order chi connectivity index (χ0) is 16.8. The Labute approximate surface area is 149 Å². The molecule has 1 saturated heterocycles. The highest BCUT2D eigenvalue weighted by molar-refractivity contribution is 9.10. The van der Waals surface area contributed by atoms with Crippen LogP contribution in [0.3, 0.4) is 0 Å². The number of hydrogen-bond donors (Lipinski definition) is 0. The van der Waals surface area contributed by atoms with Crippen molar-refractivity contribution in [1.82, 2.24) is 0 Å². The molecule has 1 atom stereocenters. The summed E-state index contributed by atoms with van der Waals surface area (Å²) in [6.45, 7) is 1.52. The van der Waals surface area contributed by atoms with Crippen molar-refractivity contribution in [3.05, 3.63) is 64.1 Å². The van der Waals surface area contributed by atoms with E-state index in [0.717, 1.165) is 35.2 Å². The summed E-state index contributed by atoms with van der Waals surface area (Å²) < 4.78 is 17.4. The van der Waals surface area contributed by atoms with Crippen LogP contribution in [0.15, 0.2) is 53.0 Å². The SMILES string of the molecule is O=C(OC[C@H]1CCCO1)c1ccc(COc2ccccc2Br)cc1. The van der Waals surface area contributed by atoms with Gasteiger partial charge in [0.1, 0.15) is 19.0 Å². The number of hydrogen-bond acceptors (Lipinski definition) is 4. The smallest absolute Gasteiger partial charge is 0.338 e. The van der Waals surface area contributed by atoms with Crippen LogP contribution in [0.1, 0.15) is 28.8 Å². The molecule has 2 aromatic rings. The summed E-state index contributed by atoms with van der Waals surface area (Å²) in [6, 6.07) is 15.0. The summed E-state index contributed by atoms with van der Waals surface area (Å²) in [5.74, 6) is 0.473. The van der Waals surface area contributed by atoms with Gasteiger partial charge < -0.3 is 14.2 Å². The normalized spacial score (nSPS) is 16.8. The molecular weight excluding hydrogens is 372 g/mol. The summed E-state index contributed by atoms with van der Waals surface area (Å²) in [7, 11) is 0. The number of carbonyl (C=O) groups excluding carboxylic acids is 1. The lowest BCUT2D eigenvalue weighted by molar-refractivity contribution is 0.0161. The zero-order valence-corrected chi connectivity index (χ0v) is 14.8. The minimum Gasteiger partial charge on any atom is -0.488 e. The van der Waals surface area contributed by atoms with Gasteiger partial charge in [0.25, 0.3) is 0 Å². The summed E-state index contributed by atoms with van der Waals surface area (Å²) >= 11 is 3.45. The molecule has 4 nitrogen and oxygen atoms in total. The Morgan fingerprint density at radius 1 is 1.17 bits per heavy atom. The molecule has 1 heterocycles. The van der Waals surface area contributed by atoms with Crippen molar-refractivity contribution in [3.63, 3.8) is 0 Å². The van der Waals surface area contributed by atoms with Gasteiger partial charge in [0.05, 0.1) is 16.1 Å². The van der Waals surface area contributed by atoms with Crippen molar-refractivity contribution in [2.45, 2.75) is 25.6 Å². The minimum absolute atomic E-state index is 0.0472. The van der Waals surface area contributed by atoms with Gasteiger partial charge in [-0.25, -0.2) is 4.79 Å². The molecule has 2 aromatic carbocycles. The second-order valence-electron chi connectivity index (χ2n) is 5.65. The van der Waals surface area contributed by atoms with E-state index in [0.29, 0.717) is 18.8 Å². The molecule has 0 unspecified atom stereocenters. The second kappa shape index (κ2) is 8.31. The van der Waals surface area contributed by atoms with Crippen LogP contribution in [0, 0.1) is 0 Å². The summed E-state index contributed by atoms with van der Waals surface area (Å²) in [6.07, 6.45) is 2.04. The Hall–Kier alpha value is -1.85. The molecule has 1 aliphatic rings. The van der Waals surface area contributed by atoms with Gasteiger partial charge in [0.2, 0.25) is 0 Å². The van der Waals surface area contributed by atoms with Gasteiger partial charge in [0, 0.05) is 6.61 Å². The van der Waals surface area contributed by atoms with Gasteiger partial charge in [-0.05, 0) is 58.6 Å². The van der Waals surface area contributed by atoms with E-state index in [4.69, 9.17) is 14.2 Å². The van der Waals surface area contributed by atoms with Crippen molar-refractivity contribution >= 4 is 21.9 Å². The first-order valence-electron chi connectivity index (χ1n) is 7.97. The molecule has 0 bridgehead atoms. The van der Waals surface area contributed by atoms with E-state index in [1.54, 1.807) is 12.1 Å². The molecule has 0 aromatic heterocycles. The van der Waals surface area contributed by atoms with Gasteiger partial charge in [-0.1, -0.05) is 24.3 Å². The zero-order valence-electron chi connectivity index (χ0n) is 13.2. The number of para-hydroxylation sites is 1. The van der Waals surface area contributed by atoms with E-state index >= 15 is 0 Å². The van der Waals surface area contributed by atoms with Gasteiger partial charge in [0.15, 0.2) is 0 Å². The fourth-order valence-electron chi connectivity index (χ4n) is 2.49. The second-order valence-corrected chi connectivity index (χ2v) is 6.50. The van der Waals surface area contributed by atoms with Crippen molar-refractivity contribution in [2.75, 3.05) is 13.2 Å². The molecule has 126 valence electrons. The number of ether oxygens (including phenoxy) is 3. The molecule has 1 fully saturated rings. The van der Waals surface area contributed by atoms with Crippen LogP contribution >= 0.6 is 15.9 Å². The molecular formula is C19H19BrO4. The molecule has 0 radical (unpaired) electrons. The van der Waals surface area contributed by atoms with E-state index in [1.807, 2.05) is 36.4 Å². The lowest BCUT2D eigenvalue weighted by Crippen LogP contribution is -2.17. The number of benzene rings is 2. The fourth-order valence-corrected chi connectivity index (χ4v) is 2.89. The van der Waals surface area contributed by atoms with Crippen LogP contribution < -0.4 is 4.74 Å².